The molecule has 4 saturated carbocycles. The fourth-order valence-corrected chi connectivity index (χ4v) is 13.5. The monoisotopic (exact) mass is 795 g/mol. The summed E-state index contributed by atoms with van der Waals surface area (Å²) < 4.78 is 0. The molecule has 0 atom stereocenters. The summed E-state index contributed by atoms with van der Waals surface area (Å²) in [5.41, 5.74) is 18.5. The zero-order valence-electron chi connectivity index (χ0n) is 36.0. The zero-order valence-corrected chi connectivity index (χ0v) is 37.0. The van der Waals surface area contributed by atoms with Crippen LogP contribution >= 0.6 is 0 Å². The van der Waals surface area contributed by atoms with Crippen molar-refractivity contribution in [1.82, 2.24) is 0 Å². The van der Waals surface area contributed by atoms with Crippen LogP contribution in [0.25, 0.3) is 44.5 Å². The Labute approximate surface area is 359 Å². The molecule has 4 bridgehead atoms. The molecule has 12 rings (SSSR count). The van der Waals surface area contributed by atoms with E-state index in [1.165, 1.54) is 105 Å². The van der Waals surface area contributed by atoms with Crippen LogP contribution in [0.1, 0.15) is 69.1 Å². The molecular formula is C58H57NSi. The van der Waals surface area contributed by atoms with Crippen molar-refractivity contribution < 1.29 is 0 Å². The molecule has 7 aromatic carbocycles. The maximum absolute atomic E-state index is 2.50. The van der Waals surface area contributed by atoms with E-state index in [-0.39, 0.29) is 5.41 Å². The van der Waals surface area contributed by atoms with Crippen LogP contribution in [0, 0.1) is 17.8 Å². The molecule has 0 spiro atoms. The second kappa shape index (κ2) is 14.1. The highest BCUT2D eigenvalue weighted by Crippen LogP contribution is 2.61. The lowest BCUT2D eigenvalue weighted by atomic mass is 9.48. The highest BCUT2D eigenvalue weighted by Gasteiger charge is 2.51. The second-order valence-electron chi connectivity index (χ2n) is 20.5. The van der Waals surface area contributed by atoms with E-state index in [0.717, 1.165) is 29.1 Å². The molecule has 0 aliphatic heterocycles. The van der Waals surface area contributed by atoms with Gasteiger partial charge in [-0.15, -0.1) is 0 Å². The van der Waals surface area contributed by atoms with E-state index < -0.39 is 8.07 Å². The normalized spacial score (nSPS) is 22.1. The third-order valence-corrected chi connectivity index (χ3v) is 17.3. The van der Waals surface area contributed by atoms with Gasteiger partial charge in [0.15, 0.2) is 0 Å². The van der Waals surface area contributed by atoms with Gasteiger partial charge in [0.1, 0.15) is 0 Å². The number of nitrogens with zero attached hydrogens (tertiary/aromatic N) is 1. The number of benzene rings is 7. The third kappa shape index (κ3) is 6.42. The molecule has 5 aliphatic carbocycles. The van der Waals surface area contributed by atoms with Crippen molar-refractivity contribution in [3.05, 3.63) is 180 Å². The summed E-state index contributed by atoms with van der Waals surface area (Å²) in [6.07, 6.45) is 8.73. The summed E-state index contributed by atoms with van der Waals surface area (Å²) in [6.45, 7) is 12.1. The van der Waals surface area contributed by atoms with Crippen LogP contribution < -0.4 is 10.1 Å². The summed E-state index contributed by atoms with van der Waals surface area (Å²) >= 11 is 0. The van der Waals surface area contributed by atoms with E-state index in [9.17, 15) is 0 Å². The van der Waals surface area contributed by atoms with Crippen LogP contribution in [0.15, 0.2) is 164 Å². The Bertz CT molecular complexity index is 2660. The quantitative estimate of drug-likeness (QED) is 0.139. The summed E-state index contributed by atoms with van der Waals surface area (Å²) in [5.74, 6) is 2.90. The molecule has 2 heteroatoms. The van der Waals surface area contributed by atoms with Crippen LogP contribution in [-0.2, 0) is 10.8 Å². The first-order chi connectivity index (χ1) is 29.0. The highest BCUT2D eigenvalue weighted by molar-refractivity contribution is 6.88. The van der Waals surface area contributed by atoms with Crippen LogP contribution in [0.4, 0.5) is 17.1 Å². The molecule has 7 aromatic rings. The van der Waals surface area contributed by atoms with Crippen LogP contribution in [0.3, 0.4) is 0 Å². The van der Waals surface area contributed by atoms with Crippen LogP contribution in [-0.4, -0.2) is 8.07 Å². The van der Waals surface area contributed by atoms with E-state index in [4.69, 9.17) is 0 Å². The lowest BCUT2D eigenvalue weighted by molar-refractivity contribution is -0.00518. The lowest BCUT2D eigenvalue weighted by Crippen LogP contribution is -2.48. The van der Waals surface area contributed by atoms with Gasteiger partial charge in [0, 0.05) is 22.5 Å². The fourth-order valence-electron chi connectivity index (χ4n) is 12.4. The first-order valence-corrected chi connectivity index (χ1v) is 26.1. The molecule has 0 radical (unpaired) electrons. The van der Waals surface area contributed by atoms with Crippen molar-refractivity contribution in [2.45, 2.75) is 82.8 Å². The summed E-state index contributed by atoms with van der Waals surface area (Å²) in [5, 5.41) is 1.49. The molecule has 4 fully saturated rings. The van der Waals surface area contributed by atoms with Crippen molar-refractivity contribution in [2.75, 3.05) is 4.90 Å². The van der Waals surface area contributed by atoms with Gasteiger partial charge in [-0.05, 0) is 165 Å². The van der Waals surface area contributed by atoms with Gasteiger partial charge in [0.2, 0.25) is 0 Å². The topological polar surface area (TPSA) is 3.24 Å². The minimum Gasteiger partial charge on any atom is -0.310 e. The smallest absolute Gasteiger partial charge is 0.0775 e. The summed E-state index contributed by atoms with van der Waals surface area (Å²) in [4.78, 5) is 2.43. The number of hydrogen-bond donors (Lipinski definition) is 0. The zero-order chi connectivity index (χ0) is 40.8. The van der Waals surface area contributed by atoms with Crippen LogP contribution in [0.2, 0.25) is 19.6 Å². The SMILES string of the molecule is CC1(C)c2cc(-c3ccc(C45CC6CC(CC(C6)C4)C5)cc3)ccc2-c2ccc(N(c3ccc(-c4ccccc4)cc3)c3ccc(-c4ccc([Si](C)(C)C)cc4)cc3)cc21. The Morgan fingerprint density at radius 1 is 0.433 bits per heavy atom. The molecule has 60 heavy (non-hydrogen) atoms. The molecule has 0 heterocycles. The second-order valence-corrected chi connectivity index (χ2v) is 25.6. The van der Waals surface area contributed by atoms with Crippen molar-refractivity contribution in [3.8, 4) is 44.5 Å². The number of fused-ring (bicyclic) bond motifs is 3. The summed E-state index contributed by atoms with van der Waals surface area (Å²) in [7, 11) is -1.36. The molecule has 0 aromatic heterocycles. The maximum atomic E-state index is 2.50. The molecule has 0 saturated heterocycles. The standard InChI is InChI=1S/C58H57NSi/c1-57(2)55-34-47(46-11-20-48(21-12-46)58-36-39-31-40(37-58)33-41(32-39)38-58)19-29-53(55)54-30-26-51(35-56(54)57)59(49-22-13-43(14-23-49)42-9-7-6-8-10-42)50-24-15-44(16-25-50)45-17-27-52(28-18-45)60(3,4)5/h6-30,34-35,39-41H,31-33,36-38H2,1-5H3. The van der Waals surface area contributed by atoms with E-state index in [1.807, 2.05) is 0 Å². The van der Waals surface area contributed by atoms with E-state index in [0.29, 0.717) is 5.41 Å². The molecule has 1 nitrogen and oxygen atoms in total. The van der Waals surface area contributed by atoms with Gasteiger partial charge in [-0.1, -0.05) is 160 Å². The fraction of sp³-hybridized carbons (Fsp3) is 0.276. The Kier molecular flexibility index (Phi) is 8.80. The van der Waals surface area contributed by atoms with Gasteiger partial charge in [-0.25, -0.2) is 0 Å². The lowest BCUT2D eigenvalue weighted by Gasteiger charge is -2.57. The molecule has 298 valence electrons. The first kappa shape index (κ1) is 37.5. The predicted octanol–water partition coefficient (Wildman–Crippen LogP) is 15.5. The van der Waals surface area contributed by atoms with Gasteiger partial charge in [0.05, 0.1) is 8.07 Å². The van der Waals surface area contributed by atoms with Crippen molar-refractivity contribution in [3.63, 3.8) is 0 Å². The molecular weight excluding hydrogens is 739 g/mol. The van der Waals surface area contributed by atoms with E-state index in [2.05, 4.69) is 202 Å². The van der Waals surface area contributed by atoms with Crippen molar-refractivity contribution in [1.29, 1.82) is 0 Å². The van der Waals surface area contributed by atoms with Crippen LogP contribution in [0.5, 0.6) is 0 Å². The predicted molar refractivity (Wildman–Crippen MR) is 258 cm³/mol. The maximum Gasteiger partial charge on any atom is 0.0775 e. The molecule has 0 amide bonds. The number of hydrogen-bond acceptors (Lipinski definition) is 1. The molecule has 0 N–H and O–H groups in total. The van der Waals surface area contributed by atoms with Crippen molar-refractivity contribution >= 4 is 30.3 Å². The van der Waals surface area contributed by atoms with Crippen molar-refractivity contribution in [2.24, 2.45) is 17.8 Å². The van der Waals surface area contributed by atoms with Gasteiger partial charge >= 0.3 is 0 Å². The highest BCUT2D eigenvalue weighted by atomic mass is 28.3. The average Bonchev–Trinajstić information content (AvgIpc) is 3.48. The first-order valence-electron chi connectivity index (χ1n) is 22.6. The average molecular weight is 796 g/mol. The molecule has 0 unspecified atom stereocenters. The van der Waals surface area contributed by atoms with Gasteiger partial charge in [-0.3, -0.25) is 0 Å². The van der Waals surface area contributed by atoms with Gasteiger partial charge in [-0.2, -0.15) is 0 Å². The Balaban J connectivity index is 0.923. The number of rotatable bonds is 8. The largest absolute Gasteiger partial charge is 0.310 e. The van der Waals surface area contributed by atoms with E-state index in [1.54, 1.807) is 5.56 Å². The third-order valence-electron chi connectivity index (χ3n) is 15.2. The molecule has 5 aliphatic rings. The Morgan fingerprint density at radius 3 is 1.38 bits per heavy atom. The van der Waals surface area contributed by atoms with Gasteiger partial charge < -0.3 is 4.90 Å². The minimum atomic E-state index is -1.36. The number of anilines is 3. The van der Waals surface area contributed by atoms with Gasteiger partial charge in [0.25, 0.3) is 0 Å². The Hall–Kier alpha value is -5.44. The minimum absolute atomic E-state index is 0.148. The van der Waals surface area contributed by atoms with E-state index >= 15 is 0 Å². The summed E-state index contributed by atoms with van der Waals surface area (Å²) in [6, 6.07) is 62.4. The Morgan fingerprint density at radius 2 is 0.850 bits per heavy atom.